The molecule has 0 aliphatic heterocycles. The van der Waals surface area contributed by atoms with E-state index in [4.69, 9.17) is 9.15 Å². The lowest BCUT2D eigenvalue weighted by Crippen LogP contribution is -2.34. The fourth-order valence-corrected chi connectivity index (χ4v) is 2.54. The molecule has 5 nitrogen and oxygen atoms in total. The van der Waals surface area contributed by atoms with E-state index < -0.39 is 0 Å². The number of amides is 1. The summed E-state index contributed by atoms with van der Waals surface area (Å²) >= 11 is 3.39. The van der Waals surface area contributed by atoms with Crippen molar-refractivity contribution < 1.29 is 13.9 Å². The molecule has 1 N–H and O–H groups in total. The van der Waals surface area contributed by atoms with Crippen LogP contribution in [-0.2, 0) is 0 Å². The summed E-state index contributed by atoms with van der Waals surface area (Å²) < 4.78 is 11.3. The van der Waals surface area contributed by atoms with Gasteiger partial charge in [0.25, 0.3) is 5.91 Å². The molecule has 1 heterocycles. The van der Waals surface area contributed by atoms with Crippen LogP contribution in [0.3, 0.4) is 0 Å². The van der Waals surface area contributed by atoms with E-state index in [1.807, 2.05) is 31.1 Å². The number of nitrogens with zero attached hydrogens (tertiary/aromatic N) is 1. The van der Waals surface area contributed by atoms with Crippen molar-refractivity contribution in [1.82, 2.24) is 10.2 Å². The molecule has 0 fully saturated rings. The second-order valence-corrected chi connectivity index (χ2v) is 5.90. The van der Waals surface area contributed by atoms with Crippen LogP contribution in [0.25, 0.3) is 0 Å². The van der Waals surface area contributed by atoms with Crippen LogP contribution >= 0.6 is 15.9 Å². The molecule has 1 atom stereocenters. The molecule has 1 aromatic carbocycles. The van der Waals surface area contributed by atoms with Crippen molar-refractivity contribution in [1.29, 1.82) is 0 Å². The molecule has 2 rings (SSSR count). The zero-order valence-corrected chi connectivity index (χ0v) is 14.4. The Hall–Kier alpha value is -1.79. The number of methoxy groups -OCH3 is 1. The van der Waals surface area contributed by atoms with Gasteiger partial charge < -0.3 is 14.5 Å². The minimum Gasteiger partial charge on any atom is -0.497 e. The molecule has 0 bridgehead atoms. The van der Waals surface area contributed by atoms with Crippen molar-refractivity contribution in [2.75, 3.05) is 27.7 Å². The fraction of sp³-hybridized carbons (Fsp3) is 0.312. The zero-order valence-electron chi connectivity index (χ0n) is 12.8. The Balaban J connectivity index is 2.08. The molecule has 0 spiro atoms. The number of benzene rings is 1. The average Bonchev–Trinajstić information content (AvgIpc) is 3.01. The Morgan fingerprint density at radius 1 is 1.41 bits per heavy atom. The third kappa shape index (κ3) is 3.90. The van der Waals surface area contributed by atoms with Crippen molar-refractivity contribution in [3.63, 3.8) is 0 Å². The molecule has 2 aromatic rings. The molecule has 0 unspecified atom stereocenters. The standard InChI is InChI=1S/C16H19BrN2O3/c1-19(2)14(15-5-4-8-22-15)10-18-16(20)12-9-11(21-3)6-7-13(12)17/h4-9,14H,10H2,1-3H3,(H,18,20)/t14-/m1/s1. The number of halogens is 1. The summed E-state index contributed by atoms with van der Waals surface area (Å²) in [5.74, 6) is 1.29. The zero-order chi connectivity index (χ0) is 16.1. The summed E-state index contributed by atoms with van der Waals surface area (Å²) in [6, 6.07) is 9.01. The third-order valence-electron chi connectivity index (χ3n) is 3.37. The van der Waals surface area contributed by atoms with E-state index in [2.05, 4.69) is 21.2 Å². The quantitative estimate of drug-likeness (QED) is 0.853. The summed E-state index contributed by atoms with van der Waals surface area (Å²) in [4.78, 5) is 14.4. The van der Waals surface area contributed by atoms with Gasteiger partial charge in [0.05, 0.1) is 25.0 Å². The van der Waals surface area contributed by atoms with Gasteiger partial charge in [-0.05, 0) is 60.4 Å². The monoisotopic (exact) mass is 366 g/mol. The van der Waals surface area contributed by atoms with E-state index in [9.17, 15) is 4.79 Å². The number of hydrogen-bond donors (Lipinski definition) is 1. The van der Waals surface area contributed by atoms with Gasteiger partial charge in [0.1, 0.15) is 11.5 Å². The number of ether oxygens (including phenoxy) is 1. The summed E-state index contributed by atoms with van der Waals surface area (Å²) in [6.07, 6.45) is 1.63. The predicted molar refractivity (Wildman–Crippen MR) is 88.2 cm³/mol. The topological polar surface area (TPSA) is 54.7 Å². The lowest BCUT2D eigenvalue weighted by Gasteiger charge is -2.22. The lowest BCUT2D eigenvalue weighted by molar-refractivity contribution is 0.0938. The summed E-state index contributed by atoms with van der Waals surface area (Å²) in [6.45, 7) is 0.447. The number of carbonyl (C=O) groups excluding carboxylic acids is 1. The smallest absolute Gasteiger partial charge is 0.252 e. The first-order valence-electron chi connectivity index (χ1n) is 6.84. The van der Waals surface area contributed by atoms with Gasteiger partial charge >= 0.3 is 0 Å². The first kappa shape index (κ1) is 16.6. The number of furan rings is 1. The molecule has 0 radical (unpaired) electrons. The molecule has 118 valence electrons. The van der Waals surface area contributed by atoms with E-state index in [1.54, 1.807) is 31.6 Å². The largest absolute Gasteiger partial charge is 0.497 e. The Labute approximate surface area is 138 Å². The molecule has 0 saturated carbocycles. The van der Waals surface area contributed by atoms with Crippen molar-refractivity contribution in [3.8, 4) is 5.75 Å². The summed E-state index contributed by atoms with van der Waals surface area (Å²) in [5.41, 5.74) is 0.538. The van der Waals surface area contributed by atoms with Crippen LogP contribution in [0.15, 0.2) is 45.5 Å². The van der Waals surface area contributed by atoms with Crippen molar-refractivity contribution in [2.45, 2.75) is 6.04 Å². The van der Waals surface area contributed by atoms with Crippen LogP contribution in [0.4, 0.5) is 0 Å². The highest BCUT2D eigenvalue weighted by Gasteiger charge is 2.19. The number of rotatable bonds is 6. The van der Waals surface area contributed by atoms with Crippen molar-refractivity contribution in [3.05, 3.63) is 52.4 Å². The van der Waals surface area contributed by atoms with Crippen LogP contribution in [0.2, 0.25) is 0 Å². The van der Waals surface area contributed by atoms with Crippen molar-refractivity contribution in [2.24, 2.45) is 0 Å². The van der Waals surface area contributed by atoms with Crippen LogP contribution in [0, 0.1) is 0 Å². The first-order chi connectivity index (χ1) is 10.5. The minimum absolute atomic E-state index is 0.0247. The van der Waals surface area contributed by atoms with Gasteiger partial charge in [0.15, 0.2) is 0 Å². The van der Waals surface area contributed by atoms with Gasteiger partial charge in [-0.2, -0.15) is 0 Å². The Morgan fingerprint density at radius 3 is 2.77 bits per heavy atom. The third-order valence-corrected chi connectivity index (χ3v) is 4.06. The maximum atomic E-state index is 12.4. The Bertz CT molecular complexity index is 626. The highest BCUT2D eigenvalue weighted by Crippen LogP contribution is 2.23. The number of hydrogen-bond acceptors (Lipinski definition) is 4. The molecule has 1 amide bonds. The normalized spacial score (nSPS) is 12.2. The molecule has 0 aliphatic rings. The van der Waals surface area contributed by atoms with Gasteiger partial charge in [-0.1, -0.05) is 0 Å². The van der Waals surface area contributed by atoms with E-state index >= 15 is 0 Å². The molecular weight excluding hydrogens is 348 g/mol. The summed E-state index contributed by atoms with van der Waals surface area (Å²) in [7, 11) is 5.46. The Morgan fingerprint density at radius 2 is 2.18 bits per heavy atom. The molecule has 6 heteroatoms. The van der Waals surface area contributed by atoms with Crippen molar-refractivity contribution >= 4 is 21.8 Å². The van der Waals surface area contributed by atoms with E-state index in [1.165, 1.54) is 0 Å². The van der Waals surface area contributed by atoms with Crippen LogP contribution in [0.5, 0.6) is 5.75 Å². The molecule has 0 saturated heterocycles. The molecule has 0 aliphatic carbocycles. The number of nitrogens with one attached hydrogen (secondary N) is 1. The average molecular weight is 367 g/mol. The van der Waals surface area contributed by atoms with Crippen LogP contribution in [0.1, 0.15) is 22.2 Å². The van der Waals surface area contributed by atoms with Gasteiger partial charge in [-0.15, -0.1) is 0 Å². The van der Waals surface area contributed by atoms with Gasteiger partial charge in [0, 0.05) is 11.0 Å². The van der Waals surface area contributed by atoms with Gasteiger partial charge in [-0.25, -0.2) is 0 Å². The first-order valence-corrected chi connectivity index (χ1v) is 7.63. The highest BCUT2D eigenvalue weighted by atomic mass is 79.9. The second kappa shape index (κ2) is 7.47. The van der Waals surface area contributed by atoms with E-state index in [0.29, 0.717) is 17.9 Å². The number of likely N-dealkylation sites (N-methyl/N-ethyl adjacent to an activating group) is 1. The second-order valence-electron chi connectivity index (χ2n) is 5.05. The van der Waals surface area contributed by atoms with E-state index in [-0.39, 0.29) is 11.9 Å². The predicted octanol–water partition coefficient (Wildman–Crippen LogP) is 3.08. The lowest BCUT2D eigenvalue weighted by atomic mass is 10.1. The minimum atomic E-state index is -0.163. The Kier molecular flexibility index (Phi) is 5.63. The van der Waals surface area contributed by atoms with Gasteiger partial charge in [-0.3, -0.25) is 9.69 Å². The summed E-state index contributed by atoms with van der Waals surface area (Å²) in [5, 5.41) is 2.93. The highest BCUT2D eigenvalue weighted by molar-refractivity contribution is 9.10. The molecule has 1 aromatic heterocycles. The maximum absolute atomic E-state index is 12.4. The SMILES string of the molecule is COc1ccc(Br)c(C(=O)NC[C@H](c2ccco2)N(C)C)c1. The molecular formula is C16H19BrN2O3. The van der Waals surface area contributed by atoms with Gasteiger partial charge in [0.2, 0.25) is 0 Å². The van der Waals surface area contributed by atoms with Crippen LogP contribution in [-0.4, -0.2) is 38.6 Å². The van der Waals surface area contributed by atoms with E-state index in [0.717, 1.165) is 10.2 Å². The molecule has 22 heavy (non-hydrogen) atoms. The number of carbonyl (C=O) groups is 1. The fourth-order valence-electron chi connectivity index (χ4n) is 2.11. The van der Waals surface area contributed by atoms with Crippen LogP contribution < -0.4 is 10.1 Å². The maximum Gasteiger partial charge on any atom is 0.252 e.